The second kappa shape index (κ2) is 16.2. The summed E-state index contributed by atoms with van der Waals surface area (Å²) in [5, 5.41) is 18.4. The summed E-state index contributed by atoms with van der Waals surface area (Å²) in [6, 6.07) is 36.2. The highest BCUT2D eigenvalue weighted by molar-refractivity contribution is 5.87. The smallest absolute Gasteiger partial charge is 0.335 e. The van der Waals surface area contributed by atoms with Gasteiger partial charge in [-0.3, -0.25) is 9.69 Å². The van der Waals surface area contributed by atoms with Crippen molar-refractivity contribution in [3.05, 3.63) is 143 Å². The second-order valence-electron chi connectivity index (χ2n) is 10.6. The highest BCUT2D eigenvalue weighted by Crippen LogP contribution is 2.23. The molecule has 6 nitrogen and oxygen atoms in total. The van der Waals surface area contributed by atoms with Crippen LogP contribution in [0.4, 0.5) is 0 Å². The van der Waals surface area contributed by atoms with Gasteiger partial charge in [0.05, 0.1) is 18.3 Å². The Labute approximate surface area is 248 Å². The molecular weight excluding hydrogens is 526 g/mol. The zero-order valence-corrected chi connectivity index (χ0v) is 23.9. The van der Waals surface area contributed by atoms with Crippen LogP contribution in [0.15, 0.2) is 109 Å². The van der Waals surface area contributed by atoms with Gasteiger partial charge in [-0.05, 0) is 72.2 Å². The predicted molar refractivity (Wildman–Crippen MR) is 164 cm³/mol. The van der Waals surface area contributed by atoms with Crippen LogP contribution in [0.25, 0.3) is 0 Å². The first-order valence-electron chi connectivity index (χ1n) is 14.5. The van der Waals surface area contributed by atoms with Gasteiger partial charge in [0, 0.05) is 19.5 Å². The van der Waals surface area contributed by atoms with Crippen LogP contribution in [-0.2, 0) is 35.5 Å². The van der Waals surface area contributed by atoms with Crippen molar-refractivity contribution < 1.29 is 24.5 Å². The maximum atomic E-state index is 11.3. The fourth-order valence-corrected chi connectivity index (χ4v) is 5.02. The van der Waals surface area contributed by atoms with Crippen LogP contribution in [0.3, 0.4) is 0 Å². The van der Waals surface area contributed by atoms with Crippen LogP contribution in [0, 0.1) is 0 Å². The molecule has 0 bridgehead atoms. The first-order valence-corrected chi connectivity index (χ1v) is 14.5. The molecule has 0 fully saturated rings. The van der Waals surface area contributed by atoms with Crippen molar-refractivity contribution in [2.24, 2.45) is 0 Å². The van der Waals surface area contributed by atoms with E-state index in [9.17, 15) is 14.7 Å². The normalized spacial score (nSPS) is 11.8. The molecule has 0 aliphatic rings. The van der Waals surface area contributed by atoms with Crippen molar-refractivity contribution in [3.8, 4) is 0 Å². The van der Waals surface area contributed by atoms with Crippen LogP contribution >= 0.6 is 0 Å². The second-order valence-corrected chi connectivity index (χ2v) is 10.6. The van der Waals surface area contributed by atoms with Gasteiger partial charge < -0.3 is 14.9 Å². The maximum absolute atomic E-state index is 11.3. The van der Waals surface area contributed by atoms with Crippen molar-refractivity contribution in [1.82, 2.24) is 4.90 Å². The van der Waals surface area contributed by atoms with E-state index in [1.54, 1.807) is 12.1 Å². The molecule has 0 heterocycles. The third kappa shape index (κ3) is 10.3. The molecule has 1 atom stereocenters. The van der Waals surface area contributed by atoms with Gasteiger partial charge >= 0.3 is 11.9 Å². The fraction of sp³-hybridized carbons (Fsp3) is 0.278. The Balaban J connectivity index is 1.45. The number of ether oxygens (including phenoxy) is 1. The van der Waals surface area contributed by atoms with Gasteiger partial charge in [-0.1, -0.05) is 97.1 Å². The molecule has 0 aliphatic heterocycles. The number of aryl methyl sites for hydroxylation is 2. The van der Waals surface area contributed by atoms with E-state index in [-0.39, 0.29) is 18.1 Å². The van der Waals surface area contributed by atoms with Crippen LogP contribution in [0.5, 0.6) is 0 Å². The summed E-state index contributed by atoms with van der Waals surface area (Å²) >= 11 is 0. The topological polar surface area (TPSA) is 87.1 Å². The average molecular weight is 566 g/mol. The lowest BCUT2D eigenvalue weighted by Gasteiger charge is -2.28. The molecule has 0 aliphatic carbocycles. The van der Waals surface area contributed by atoms with Crippen molar-refractivity contribution in [2.75, 3.05) is 13.1 Å². The monoisotopic (exact) mass is 565 g/mol. The lowest BCUT2D eigenvalue weighted by molar-refractivity contribution is -0.137. The van der Waals surface area contributed by atoms with E-state index in [1.807, 2.05) is 36.4 Å². The van der Waals surface area contributed by atoms with Crippen molar-refractivity contribution in [1.29, 1.82) is 0 Å². The van der Waals surface area contributed by atoms with Crippen LogP contribution in [0.2, 0.25) is 0 Å². The number of hydrogen-bond acceptors (Lipinski definition) is 4. The number of carbonyl (C=O) groups is 2. The molecular formula is C36H39NO5. The molecule has 4 rings (SSSR count). The summed E-state index contributed by atoms with van der Waals surface area (Å²) < 4.78 is 6.58. The van der Waals surface area contributed by atoms with Gasteiger partial charge in [-0.2, -0.15) is 0 Å². The molecule has 218 valence electrons. The zero-order valence-electron chi connectivity index (χ0n) is 23.9. The summed E-state index contributed by atoms with van der Waals surface area (Å²) in [6.07, 6.45) is 3.23. The molecule has 0 aromatic heterocycles. The highest BCUT2D eigenvalue weighted by atomic mass is 16.5. The number of carboxylic acid groups (broad SMARTS) is 2. The lowest BCUT2D eigenvalue weighted by atomic mass is 10.0. The van der Waals surface area contributed by atoms with Gasteiger partial charge in [0.15, 0.2) is 0 Å². The Kier molecular flexibility index (Phi) is 11.9. The summed E-state index contributed by atoms with van der Waals surface area (Å²) in [5.41, 5.74) is 6.05. The van der Waals surface area contributed by atoms with Gasteiger partial charge in [0.2, 0.25) is 0 Å². The number of nitrogens with zero attached hydrogens (tertiary/aromatic N) is 1. The van der Waals surface area contributed by atoms with E-state index in [0.29, 0.717) is 32.7 Å². The molecule has 0 saturated heterocycles. The minimum Gasteiger partial charge on any atom is -0.481 e. The first kappa shape index (κ1) is 30.7. The molecule has 2 N–H and O–H groups in total. The number of carboxylic acids is 2. The van der Waals surface area contributed by atoms with Crippen molar-refractivity contribution in [3.63, 3.8) is 0 Å². The molecule has 4 aromatic rings. The van der Waals surface area contributed by atoms with E-state index in [0.717, 1.165) is 36.0 Å². The van der Waals surface area contributed by atoms with Gasteiger partial charge in [-0.15, -0.1) is 0 Å². The third-order valence-corrected chi connectivity index (χ3v) is 7.31. The average Bonchev–Trinajstić information content (AvgIpc) is 3.01. The Morgan fingerprint density at radius 1 is 0.690 bits per heavy atom. The molecule has 0 radical (unpaired) electrons. The number of rotatable bonds is 17. The minimum atomic E-state index is -0.950. The zero-order chi connectivity index (χ0) is 29.6. The van der Waals surface area contributed by atoms with E-state index < -0.39 is 11.9 Å². The third-order valence-electron chi connectivity index (χ3n) is 7.31. The summed E-state index contributed by atoms with van der Waals surface area (Å²) in [5.74, 6) is -1.74. The number of aromatic carboxylic acids is 1. The maximum Gasteiger partial charge on any atom is 0.335 e. The molecule has 4 aromatic carbocycles. The molecule has 0 saturated carbocycles. The van der Waals surface area contributed by atoms with Gasteiger partial charge in [0.25, 0.3) is 0 Å². The fourth-order valence-electron chi connectivity index (χ4n) is 5.02. The quantitative estimate of drug-likeness (QED) is 0.132. The standard InChI is InChI=1S/C36H39NO5/c38-35(39)16-7-8-23-37(25-30-19-21-33(22-20-30)36(40)41)26-34(32-14-5-2-6-15-32)42-27-31-13-9-12-29(24-31)18-17-28-10-3-1-4-11-28/h1-6,9-15,19-22,24,34H,7-8,16-18,23,25-27H2,(H,38,39)(H,40,41)/t34-/m0/s1. The van der Waals surface area contributed by atoms with E-state index >= 15 is 0 Å². The van der Waals surface area contributed by atoms with E-state index in [2.05, 4.69) is 65.6 Å². The molecule has 42 heavy (non-hydrogen) atoms. The Hall–Kier alpha value is -4.26. The van der Waals surface area contributed by atoms with Crippen molar-refractivity contribution >= 4 is 11.9 Å². The Morgan fingerprint density at radius 3 is 2.02 bits per heavy atom. The molecule has 0 amide bonds. The molecule has 0 unspecified atom stereocenters. The number of aliphatic carboxylic acids is 1. The summed E-state index contributed by atoms with van der Waals surface area (Å²) in [4.78, 5) is 24.6. The lowest BCUT2D eigenvalue weighted by Crippen LogP contribution is -2.30. The largest absolute Gasteiger partial charge is 0.481 e. The minimum absolute atomic E-state index is 0.139. The number of unbranched alkanes of at least 4 members (excludes halogenated alkanes) is 1. The van der Waals surface area contributed by atoms with Crippen LogP contribution in [-0.4, -0.2) is 40.1 Å². The molecule has 0 spiro atoms. The first-order chi connectivity index (χ1) is 20.5. The summed E-state index contributed by atoms with van der Waals surface area (Å²) in [6.45, 7) is 2.40. The van der Waals surface area contributed by atoms with Gasteiger partial charge in [-0.25, -0.2) is 4.79 Å². The van der Waals surface area contributed by atoms with Crippen LogP contribution < -0.4 is 0 Å². The summed E-state index contributed by atoms with van der Waals surface area (Å²) in [7, 11) is 0. The highest BCUT2D eigenvalue weighted by Gasteiger charge is 2.18. The number of hydrogen-bond donors (Lipinski definition) is 2. The SMILES string of the molecule is O=C(O)CCCCN(Cc1ccc(C(=O)O)cc1)C[C@H](OCc1cccc(CCc2ccccc2)c1)c1ccccc1. The Bertz CT molecular complexity index is 1390. The van der Waals surface area contributed by atoms with E-state index in [4.69, 9.17) is 9.84 Å². The Morgan fingerprint density at radius 2 is 1.33 bits per heavy atom. The van der Waals surface area contributed by atoms with Crippen molar-refractivity contribution in [2.45, 2.75) is 51.4 Å². The number of benzene rings is 4. The predicted octanol–water partition coefficient (Wildman–Crippen LogP) is 7.19. The van der Waals surface area contributed by atoms with E-state index in [1.165, 1.54) is 11.1 Å². The van der Waals surface area contributed by atoms with Crippen LogP contribution in [0.1, 0.15) is 63.5 Å². The van der Waals surface area contributed by atoms with Gasteiger partial charge in [0.1, 0.15) is 0 Å². The molecule has 6 heteroatoms.